The number of aldehydes is 1. The zero-order valence-corrected chi connectivity index (χ0v) is 13.0. The first-order valence-corrected chi connectivity index (χ1v) is 6.95. The first-order chi connectivity index (χ1) is 10.3. The van der Waals surface area contributed by atoms with Gasteiger partial charge in [0.1, 0.15) is 24.5 Å². The van der Waals surface area contributed by atoms with Crippen molar-refractivity contribution in [3.05, 3.63) is 35.9 Å². The van der Waals surface area contributed by atoms with Gasteiger partial charge in [0.15, 0.2) is 0 Å². The lowest BCUT2D eigenvalue weighted by atomic mass is 10.1. The molecule has 0 aliphatic rings. The summed E-state index contributed by atoms with van der Waals surface area (Å²) >= 11 is 0. The number of hydrogen-bond donors (Lipinski definition) is 1. The molecule has 0 spiro atoms. The van der Waals surface area contributed by atoms with E-state index in [9.17, 15) is 14.4 Å². The Labute approximate surface area is 129 Å². The standard InChI is InChI=1S/C16H21NO5/c1-16(2,3)22-14(19)13(9-10-18)17-15(20)21-11-12-7-5-4-6-8-12/h4-8,10,13H,9,11H2,1-3H3,(H,17,20). The van der Waals surface area contributed by atoms with Crippen molar-refractivity contribution < 1.29 is 23.9 Å². The number of rotatable bonds is 6. The van der Waals surface area contributed by atoms with Crippen LogP contribution in [0.1, 0.15) is 32.8 Å². The Kier molecular flexibility index (Phi) is 6.56. The molecule has 0 saturated carbocycles. The molecule has 6 heteroatoms. The molecule has 1 atom stereocenters. The SMILES string of the molecule is CC(C)(C)OC(=O)C(CC=O)NC(=O)OCc1ccccc1. The van der Waals surface area contributed by atoms with Crippen molar-refractivity contribution in [2.75, 3.05) is 0 Å². The monoisotopic (exact) mass is 307 g/mol. The highest BCUT2D eigenvalue weighted by Gasteiger charge is 2.26. The van der Waals surface area contributed by atoms with Crippen LogP contribution >= 0.6 is 0 Å². The third kappa shape index (κ3) is 6.88. The van der Waals surface area contributed by atoms with E-state index in [1.807, 2.05) is 30.3 Å². The third-order valence-corrected chi connectivity index (χ3v) is 2.53. The van der Waals surface area contributed by atoms with Crippen LogP contribution < -0.4 is 5.32 Å². The van der Waals surface area contributed by atoms with Crippen molar-refractivity contribution in [2.45, 2.75) is 45.4 Å². The Morgan fingerprint density at radius 1 is 1.23 bits per heavy atom. The predicted molar refractivity (Wildman–Crippen MR) is 80.1 cm³/mol. The number of hydrogen-bond acceptors (Lipinski definition) is 5. The summed E-state index contributed by atoms with van der Waals surface area (Å²) in [5, 5.41) is 2.34. The van der Waals surface area contributed by atoms with Gasteiger partial charge in [-0.3, -0.25) is 0 Å². The van der Waals surface area contributed by atoms with E-state index in [1.54, 1.807) is 20.8 Å². The fourth-order valence-electron chi connectivity index (χ4n) is 1.59. The molecule has 1 rings (SSSR count). The number of ether oxygens (including phenoxy) is 2. The normalized spacial score (nSPS) is 12.1. The highest BCUT2D eigenvalue weighted by molar-refractivity contribution is 5.83. The second kappa shape index (κ2) is 8.17. The van der Waals surface area contributed by atoms with Crippen molar-refractivity contribution in [3.63, 3.8) is 0 Å². The summed E-state index contributed by atoms with van der Waals surface area (Å²) < 4.78 is 10.2. The van der Waals surface area contributed by atoms with Gasteiger partial charge < -0.3 is 19.6 Å². The molecular formula is C16H21NO5. The summed E-state index contributed by atoms with van der Waals surface area (Å²) in [7, 11) is 0. The van der Waals surface area contributed by atoms with Gasteiger partial charge in [0, 0.05) is 6.42 Å². The summed E-state index contributed by atoms with van der Waals surface area (Å²) in [6.45, 7) is 5.19. The Morgan fingerprint density at radius 3 is 2.41 bits per heavy atom. The largest absolute Gasteiger partial charge is 0.458 e. The van der Waals surface area contributed by atoms with E-state index in [2.05, 4.69) is 5.32 Å². The third-order valence-electron chi connectivity index (χ3n) is 2.53. The van der Waals surface area contributed by atoms with Crippen molar-refractivity contribution in [2.24, 2.45) is 0 Å². The molecule has 0 bridgehead atoms. The summed E-state index contributed by atoms with van der Waals surface area (Å²) in [5.74, 6) is -0.670. The van der Waals surface area contributed by atoms with Crippen LogP contribution in [0, 0.1) is 0 Å². The van der Waals surface area contributed by atoms with Crippen LogP contribution in [0.5, 0.6) is 0 Å². The highest BCUT2D eigenvalue weighted by atomic mass is 16.6. The molecule has 0 aliphatic heterocycles. The minimum atomic E-state index is -1.06. The van der Waals surface area contributed by atoms with Crippen LogP contribution in [0.25, 0.3) is 0 Å². The van der Waals surface area contributed by atoms with Crippen LogP contribution in [0.4, 0.5) is 4.79 Å². The van der Waals surface area contributed by atoms with Crippen LogP contribution in [-0.2, 0) is 25.7 Å². The van der Waals surface area contributed by atoms with Gasteiger partial charge in [-0.2, -0.15) is 0 Å². The van der Waals surface area contributed by atoms with Gasteiger partial charge >= 0.3 is 12.1 Å². The molecule has 6 nitrogen and oxygen atoms in total. The van der Waals surface area contributed by atoms with Gasteiger partial charge in [-0.15, -0.1) is 0 Å². The van der Waals surface area contributed by atoms with Gasteiger partial charge in [-0.1, -0.05) is 30.3 Å². The average Bonchev–Trinajstić information content (AvgIpc) is 2.44. The van der Waals surface area contributed by atoms with Gasteiger partial charge in [0.2, 0.25) is 0 Å². The Morgan fingerprint density at radius 2 is 1.86 bits per heavy atom. The number of nitrogens with one attached hydrogen (secondary N) is 1. The lowest BCUT2D eigenvalue weighted by Crippen LogP contribution is -2.44. The fourth-order valence-corrected chi connectivity index (χ4v) is 1.59. The van der Waals surface area contributed by atoms with Crippen LogP contribution in [-0.4, -0.2) is 30.0 Å². The van der Waals surface area contributed by atoms with Crippen molar-refractivity contribution in [1.29, 1.82) is 0 Å². The second-order valence-corrected chi connectivity index (χ2v) is 5.69. The quantitative estimate of drug-likeness (QED) is 0.643. The van der Waals surface area contributed by atoms with Crippen molar-refractivity contribution >= 4 is 18.3 Å². The maximum atomic E-state index is 11.9. The molecule has 0 saturated heterocycles. The van der Waals surface area contributed by atoms with Crippen LogP contribution in [0.3, 0.4) is 0 Å². The zero-order valence-electron chi connectivity index (χ0n) is 13.0. The molecule has 0 aromatic heterocycles. The lowest BCUT2D eigenvalue weighted by Gasteiger charge is -2.23. The van der Waals surface area contributed by atoms with Crippen molar-refractivity contribution in [1.82, 2.24) is 5.32 Å². The first-order valence-electron chi connectivity index (χ1n) is 6.95. The number of alkyl carbamates (subject to hydrolysis) is 1. The molecular weight excluding hydrogens is 286 g/mol. The Balaban J connectivity index is 2.53. The van der Waals surface area contributed by atoms with E-state index in [0.29, 0.717) is 6.29 Å². The van der Waals surface area contributed by atoms with E-state index in [0.717, 1.165) is 5.56 Å². The van der Waals surface area contributed by atoms with Gasteiger partial charge in [0.05, 0.1) is 0 Å². The van der Waals surface area contributed by atoms with Crippen LogP contribution in [0.2, 0.25) is 0 Å². The molecule has 1 N–H and O–H groups in total. The summed E-state index contributed by atoms with van der Waals surface area (Å²) in [4.78, 5) is 34.3. The van der Waals surface area contributed by atoms with E-state index < -0.39 is 23.7 Å². The highest BCUT2D eigenvalue weighted by Crippen LogP contribution is 2.09. The summed E-state index contributed by atoms with van der Waals surface area (Å²) in [5.41, 5.74) is 0.121. The number of carbonyl (C=O) groups excluding carboxylic acids is 3. The van der Waals surface area contributed by atoms with Crippen LogP contribution in [0.15, 0.2) is 30.3 Å². The predicted octanol–water partition coefficient (Wildman–Crippen LogP) is 2.21. The number of amides is 1. The maximum absolute atomic E-state index is 11.9. The minimum absolute atomic E-state index is 0.0782. The molecule has 1 aromatic carbocycles. The molecule has 0 heterocycles. The molecule has 1 unspecified atom stereocenters. The molecule has 22 heavy (non-hydrogen) atoms. The molecule has 0 fully saturated rings. The maximum Gasteiger partial charge on any atom is 0.408 e. The summed E-state index contributed by atoms with van der Waals surface area (Å²) in [6, 6.07) is 8.07. The summed E-state index contributed by atoms with van der Waals surface area (Å²) in [6.07, 6.45) is -0.400. The number of esters is 1. The molecule has 0 radical (unpaired) electrons. The lowest BCUT2D eigenvalue weighted by molar-refractivity contribution is -0.157. The average molecular weight is 307 g/mol. The minimum Gasteiger partial charge on any atom is -0.458 e. The van der Waals surface area contributed by atoms with Gasteiger partial charge in [0.25, 0.3) is 0 Å². The Hall–Kier alpha value is -2.37. The second-order valence-electron chi connectivity index (χ2n) is 5.69. The zero-order chi connectivity index (χ0) is 16.6. The number of carbonyl (C=O) groups is 3. The topological polar surface area (TPSA) is 81.7 Å². The fraction of sp³-hybridized carbons (Fsp3) is 0.438. The molecule has 120 valence electrons. The molecule has 1 amide bonds. The smallest absolute Gasteiger partial charge is 0.408 e. The Bertz CT molecular complexity index is 507. The van der Waals surface area contributed by atoms with Crippen molar-refractivity contribution in [3.8, 4) is 0 Å². The first kappa shape index (κ1) is 17.7. The molecule has 1 aromatic rings. The molecule has 0 aliphatic carbocycles. The van der Waals surface area contributed by atoms with Gasteiger partial charge in [-0.25, -0.2) is 9.59 Å². The van der Waals surface area contributed by atoms with E-state index in [-0.39, 0.29) is 13.0 Å². The van der Waals surface area contributed by atoms with E-state index in [4.69, 9.17) is 9.47 Å². The van der Waals surface area contributed by atoms with E-state index >= 15 is 0 Å². The van der Waals surface area contributed by atoms with Gasteiger partial charge in [-0.05, 0) is 26.3 Å². The number of benzene rings is 1. The van der Waals surface area contributed by atoms with E-state index in [1.165, 1.54) is 0 Å².